The highest BCUT2D eigenvalue weighted by molar-refractivity contribution is 5.78. The van der Waals surface area contributed by atoms with Crippen molar-refractivity contribution in [1.29, 1.82) is 0 Å². The SMILES string of the molecule is O=C(Cc1ccccc1)NC1CCN(Cc2ccccc2)C1. The van der Waals surface area contributed by atoms with Gasteiger partial charge < -0.3 is 5.32 Å². The number of carbonyl (C=O) groups excluding carboxylic acids is 1. The molecule has 22 heavy (non-hydrogen) atoms. The van der Waals surface area contributed by atoms with Crippen LogP contribution in [0.4, 0.5) is 0 Å². The molecule has 0 aliphatic carbocycles. The molecule has 1 N–H and O–H groups in total. The number of nitrogens with zero attached hydrogens (tertiary/aromatic N) is 1. The summed E-state index contributed by atoms with van der Waals surface area (Å²) < 4.78 is 0. The van der Waals surface area contributed by atoms with E-state index in [1.165, 1.54) is 5.56 Å². The summed E-state index contributed by atoms with van der Waals surface area (Å²) in [5, 5.41) is 3.16. The van der Waals surface area contributed by atoms with E-state index in [2.05, 4.69) is 34.5 Å². The smallest absolute Gasteiger partial charge is 0.224 e. The van der Waals surface area contributed by atoms with Crippen LogP contribution in [-0.2, 0) is 17.8 Å². The largest absolute Gasteiger partial charge is 0.352 e. The van der Waals surface area contributed by atoms with Crippen LogP contribution < -0.4 is 5.32 Å². The second kappa shape index (κ2) is 7.23. The lowest BCUT2D eigenvalue weighted by Crippen LogP contribution is -2.37. The zero-order chi connectivity index (χ0) is 15.2. The summed E-state index contributed by atoms with van der Waals surface area (Å²) in [6, 6.07) is 20.7. The molecule has 3 rings (SSSR count). The molecule has 0 spiro atoms. The summed E-state index contributed by atoms with van der Waals surface area (Å²) in [5.74, 6) is 0.123. The molecule has 1 fully saturated rings. The zero-order valence-electron chi connectivity index (χ0n) is 12.7. The van der Waals surface area contributed by atoms with Gasteiger partial charge in [-0.2, -0.15) is 0 Å². The number of rotatable bonds is 5. The van der Waals surface area contributed by atoms with Gasteiger partial charge in [0.2, 0.25) is 5.91 Å². The van der Waals surface area contributed by atoms with Crippen LogP contribution in [0, 0.1) is 0 Å². The Balaban J connectivity index is 1.46. The van der Waals surface area contributed by atoms with Gasteiger partial charge in [-0.25, -0.2) is 0 Å². The minimum Gasteiger partial charge on any atom is -0.352 e. The van der Waals surface area contributed by atoms with Crippen LogP contribution in [0.15, 0.2) is 60.7 Å². The molecule has 1 saturated heterocycles. The standard InChI is InChI=1S/C19H22N2O/c22-19(13-16-7-3-1-4-8-16)20-18-11-12-21(15-18)14-17-9-5-2-6-10-17/h1-10,18H,11-15H2,(H,20,22). The third-order valence-corrected chi connectivity index (χ3v) is 4.09. The Hall–Kier alpha value is -2.13. The summed E-state index contributed by atoms with van der Waals surface area (Å²) in [7, 11) is 0. The van der Waals surface area contributed by atoms with Crippen molar-refractivity contribution in [2.75, 3.05) is 13.1 Å². The van der Waals surface area contributed by atoms with Crippen LogP contribution >= 0.6 is 0 Å². The van der Waals surface area contributed by atoms with Gasteiger partial charge >= 0.3 is 0 Å². The fourth-order valence-corrected chi connectivity index (χ4v) is 3.00. The maximum absolute atomic E-state index is 12.1. The molecule has 0 saturated carbocycles. The highest BCUT2D eigenvalue weighted by atomic mass is 16.1. The van der Waals surface area contributed by atoms with E-state index in [0.717, 1.165) is 31.6 Å². The molecule has 1 unspecified atom stereocenters. The highest BCUT2D eigenvalue weighted by Crippen LogP contribution is 2.13. The highest BCUT2D eigenvalue weighted by Gasteiger charge is 2.23. The van der Waals surface area contributed by atoms with Gasteiger partial charge in [-0.15, -0.1) is 0 Å². The Bertz CT molecular complexity index is 597. The van der Waals surface area contributed by atoms with E-state index in [1.54, 1.807) is 0 Å². The van der Waals surface area contributed by atoms with Crippen LogP contribution in [0.3, 0.4) is 0 Å². The first-order chi connectivity index (χ1) is 10.8. The Labute approximate surface area is 132 Å². The average Bonchev–Trinajstić information content (AvgIpc) is 2.96. The molecule has 3 heteroatoms. The van der Waals surface area contributed by atoms with Crippen molar-refractivity contribution in [2.45, 2.75) is 25.4 Å². The van der Waals surface area contributed by atoms with E-state index >= 15 is 0 Å². The summed E-state index contributed by atoms with van der Waals surface area (Å²) in [5.41, 5.74) is 2.40. The third kappa shape index (κ3) is 4.18. The van der Waals surface area contributed by atoms with Crippen LogP contribution in [0.25, 0.3) is 0 Å². The van der Waals surface area contributed by atoms with Crippen LogP contribution in [0.2, 0.25) is 0 Å². The quantitative estimate of drug-likeness (QED) is 0.919. The monoisotopic (exact) mass is 294 g/mol. The molecule has 0 radical (unpaired) electrons. The van der Waals surface area contributed by atoms with E-state index < -0.39 is 0 Å². The number of carbonyl (C=O) groups is 1. The van der Waals surface area contributed by atoms with Gasteiger partial charge in [0.1, 0.15) is 0 Å². The fraction of sp³-hybridized carbons (Fsp3) is 0.316. The van der Waals surface area contributed by atoms with Crippen LogP contribution in [0.1, 0.15) is 17.5 Å². The minimum atomic E-state index is 0.123. The van der Waals surface area contributed by atoms with Gasteiger partial charge in [-0.05, 0) is 17.5 Å². The second-order valence-corrected chi connectivity index (χ2v) is 5.94. The molecule has 1 atom stereocenters. The lowest BCUT2D eigenvalue weighted by molar-refractivity contribution is -0.121. The van der Waals surface area contributed by atoms with Crippen molar-refractivity contribution in [3.05, 3.63) is 71.8 Å². The molecular weight excluding hydrogens is 272 g/mol. The summed E-state index contributed by atoms with van der Waals surface area (Å²) >= 11 is 0. The van der Waals surface area contributed by atoms with Crippen LogP contribution in [0.5, 0.6) is 0 Å². The van der Waals surface area contributed by atoms with Gasteiger partial charge in [0.05, 0.1) is 6.42 Å². The van der Waals surface area contributed by atoms with E-state index in [-0.39, 0.29) is 11.9 Å². The topological polar surface area (TPSA) is 32.3 Å². The number of nitrogens with one attached hydrogen (secondary N) is 1. The molecule has 0 aromatic heterocycles. The molecule has 114 valence electrons. The first kappa shape index (κ1) is 14.8. The maximum atomic E-state index is 12.1. The van der Waals surface area contributed by atoms with E-state index in [9.17, 15) is 4.79 Å². The maximum Gasteiger partial charge on any atom is 0.224 e. The Morgan fingerprint density at radius 2 is 1.64 bits per heavy atom. The Morgan fingerprint density at radius 1 is 1.00 bits per heavy atom. The summed E-state index contributed by atoms with van der Waals surface area (Å²) in [6.45, 7) is 2.95. The minimum absolute atomic E-state index is 0.123. The molecule has 1 amide bonds. The fourth-order valence-electron chi connectivity index (χ4n) is 3.00. The number of likely N-dealkylation sites (tertiary alicyclic amines) is 1. The first-order valence-corrected chi connectivity index (χ1v) is 7.89. The lowest BCUT2D eigenvalue weighted by Gasteiger charge is -2.16. The first-order valence-electron chi connectivity index (χ1n) is 7.89. The Morgan fingerprint density at radius 3 is 2.32 bits per heavy atom. The zero-order valence-corrected chi connectivity index (χ0v) is 12.7. The van der Waals surface area contributed by atoms with Crippen molar-refractivity contribution >= 4 is 5.91 Å². The summed E-state index contributed by atoms with van der Waals surface area (Å²) in [6.07, 6.45) is 1.50. The van der Waals surface area contributed by atoms with Crippen molar-refractivity contribution in [3.8, 4) is 0 Å². The molecule has 2 aromatic rings. The third-order valence-electron chi connectivity index (χ3n) is 4.09. The predicted molar refractivity (Wildman–Crippen MR) is 88.4 cm³/mol. The van der Waals surface area contributed by atoms with E-state index in [0.29, 0.717) is 6.42 Å². The normalized spacial score (nSPS) is 18.3. The molecule has 1 heterocycles. The van der Waals surface area contributed by atoms with Gasteiger partial charge in [-0.1, -0.05) is 60.7 Å². The van der Waals surface area contributed by atoms with Crippen molar-refractivity contribution in [1.82, 2.24) is 10.2 Å². The molecule has 1 aliphatic rings. The molecule has 2 aromatic carbocycles. The van der Waals surface area contributed by atoms with Gasteiger partial charge in [0, 0.05) is 25.7 Å². The molecular formula is C19H22N2O. The number of benzene rings is 2. The average molecular weight is 294 g/mol. The number of amides is 1. The van der Waals surface area contributed by atoms with Crippen molar-refractivity contribution in [3.63, 3.8) is 0 Å². The van der Waals surface area contributed by atoms with Gasteiger partial charge in [0.15, 0.2) is 0 Å². The van der Waals surface area contributed by atoms with E-state index in [1.807, 2.05) is 36.4 Å². The van der Waals surface area contributed by atoms with Gasteiger partial charge in [-0.3, -0.25) is 9.69 Å². The summed E-state index contributed by atoms with van der Waals surface area (Å²) in [4.78, 5) is 14.5. The van der Waals surface area contributed by atoms with Gasteiger partial charge in [0.25, 0.3) is 0 Å². The Kier molecular flexibility index (Phi) is 4.86. The molecule has 0 bridgehead atoms. The molecule has 3 nitrogen and oxygen atoms in total. The second-order valence-electron chi connectivity index (χ2n) is 5.94. The van der Waals surface area contributed by atoms with Crippen LogP contribution in [-0.4, -0.2) is 29.9 Å². The van der Waals surface area contributed by atoms with Crippen molar-refractivity contribution < 1.29 is 4.79 Å². The van der Waals surface area contributed by atoms with Crippen molar-refractivity contribution in [2.24, 2.45) is 0 Å². The van der Waals surface area contributed by atoms with E-state index in [4.69, 9.17) is 0 Å². The number of hydrogen-bond acceptors (Lipinski definition) is 2. The molecule has 1 aliphatic heterocycles. The predicted octanol–water partition coefficient (Wildman–Crippen LogP) is 2.62. The number of hydrogen-bond donors (Lipinski definition) is 1. The lowest BCUT2D eigenvalue weighted by atomic mass is 10.1.